The molecule has 0 aromatic heterocycles. The number of carboxylic acid groups (broad SMARTS) is 1. The summed E-state index contributed by atoms with van der Waals surface area (Å²) >= 11 is 1.11. The standard InChI is InChI=1S/C14H16O3S/c1-9(15)18-8-13(14(16)17)12-7-6-10-4-2-3-5-11(10)12/h2-5,12-13H,6-8H2,1H3,(H,16,17)/t12-,13+/m1/s1. The van der Waals surface area contributed by atoms with Crippen molar-refractivity contribution < 1.29 is 14.7 Å². The van der Waals surface area contributed by atoms with Crippen molar-refractivity contribution in [3.05, 3.63) is 35.4 Å². The summed E-state index contributed by atoms with van der Waals surface area (Å²) in [7, 11) is 0. The molecular formula is C14H16O3S. The minimum absolute atomic E-state index is 0.0208. The average molecular weight is 264 g/mol. The van der Waals surface area contributed by atoms with E-state index >= 15 is 0 Å². The minimum Gasteiger partial charge on any atom is -0.481 e. The van der Waals surface area contributed by atoms with Gasteiger partial charge < -0.3 is 5.11 Å². The Morgan fingerprint density at radius 1 is 1.44 bits per heavy atom. The SMILES string of the molecule is CC(=O)SC[C@H](C(=O)O)[C@@H]1CCc2ccccc21. The number of hydrogen-bond acceptors (Lipinski definition) is 3. The largest absolute Gasteiger partial charge is 0.481 e. The number of hydrogen-bond donors (Lipinski definition) is 1. The lowest BCUT2D eigenvalue weighted by molar-refractivity contribution is -0.141. The van der Waals surface area contributed by atoms with E-state index in [0.717, 1.165) is 30.2 Å². The number of carbonyl (C=O) groups is 2. The van der Waals surface area contributed by atoms with Crippen LogP contribution in [0, 0.1) is 5.92 Å². The summed E-state index contributed by atoms with van der Waals surface area (Å²) < 4.78 is 0. The highest BCUT2D eigenvalue weighted by molar-refractivity contribution is 8.13. The van der Waals surface area contributed by atoms with Gasteiger partial charge in [0.05, 0.1) is 5.92 Å². The van der Waals surface area contributed by atoms with Crippen LogP contribution in [-0.2, 0) is 16.0 Å². The van der Waals surface area contributed by atoms with Crippen LogP contribution in [0.5, 0.6) is 0 Å². The molecule has 0 saturated carbocycles. The maximum Gasteiger partial charge on any atom is 0.307 e. The second-order valence-corrected chi connectivity index (χ2v) is 5.79. The molecule has 0 heterocycles. The minimum atomic E-state index is -0.801. The molecule has 0 aliphatic heterocycles. The highest BCUT2D eigenvalue weighted by Gasteiger charge is 2.34. The molecule has 1 aliphatic carbocycles. The number of carboxylic acids is 1. The number of rotatable bonds is 4. The van der Waals surface area contributed by atoms with Crippen LogP contribution in [0.1, 0.15) is 30.4 Å². The highest BCUT2D eigenvalue weighted by atomic mass is 32.2. The monoisotopic (exact) mass is 264 g/mol. The van der Waals surface area contributed by atoms with Gasteiger partial charge in [0.15, 0.2) is 5.12 Å². The lowest BCUT2D eigenvalue weighted by Gasteiger charge is -2.19. The summed E-state index contributed by atoms with van der Waals surface area (Å²) in [6.07, 6.45) is 1.81. The Bertz CT molecular complexity index is 470. The molecule has 2 rings (SSSR count). The van der Waals surface area contributed by atoms with Gasteiger partial charge in [-0.15, -0.1) is 0 Å². The Kier molecular flexibility index (Phi) is 4.07. The number of benzene rings is 1. The normalized spacial score (nSPS) is 19.3. The van der Waals surface area contributed by atoms with Gasteiger partial charge in [-0.25, -0.2) is 0 Å². The van der Waals surface area contributed by atoms with Crippen LogP contribution < -0.4 is 0 Å². The van der Waals surface area contributed by atoms with Gasteiger partial charge in [-0.3, -0.25) is 9.59 Å². The molecule has 96 valence electrons. The van der Waals surface area contributed by atoms with Crippen LogP contribution in [0.25, 0.3) is 0 Å². The number of thioether (sulfide) groups is 1. The lowest BCUT2D eigenvalue weighted by Crippen LogP contribution is -2.23. The van der Waals surface area contributed by atoms with E-state index in [1.807, 2.05) is 18.2 Å². The maximum absolute atomic E-state index is 11.4. The molecule has 0 spiro atoms. The molecule has 0 saturated heterocycles. The summed E-state index contributed by atoms with van der Waals surface area (Å²) in [6, 6.07) is 8.02. The van der Waals surface area contributed by atoms with E-state index < -0.39 is 11.9 Å². The fourth-order valence-electron chi connectivity index (χ4n) is 2.57. The maximum atomic E-state index is 11.4. The third-order valence-electron chi connectivity index (χ3n) is 3.45. The first-order chi connectivity index (χ1) is 8.59. The first-order valence-electron chi connectivity index (χ1n) is 6.03. The molecule has 3 nitrogen and oxygen atoms in total. The van der Waals surface area contributed by atoms with Crippen LogP contribution in [0.2, 0.25) is 0 Å². The molecule has 0 radical (unpaired) electrons. The number of aliphatic carboxylic acids is 1. The van der Waals surface area contributed by atoms with Crippen molar-refractivity contribution in [1.29, 1.82) is 0 Å². The van der Waals surface area contributed by atoms with Gasteiger partial charge in [0.25, 0.3) is 0 Å². The number of carbonyl (C=O) groups excluding carboxylic acids is 1. The van der Waals surface area contributed by atoms with Gasteiger partial charge in [0, 0.05) is 12.7 Å². The second-order valence-electron chi connectivity index (χ2n) is 4.59. The van der Waals surface area contributed by atoms with Crippen LogP contribution >= 0.6 is 11.8 Å². The van der Waals surface area contributed by atoms with Gasteiger partial charge in [0.1, 0.15) is 0 Å². The van der Waals surface area contributed by atoms with Crippen molar-refractivity contribution in [2.24, 2.45) is 5.92 Å². The molecule has 1 N–H and O–H groups in total. The summed E-state index contributed by atoms with van der Waals surface area (Å²) in [5, 5.41) is 9.33. The molecule has 4 heteroatoms. The Morgan fingerprint density at radius 3 is 2.83 bits per heavy atom. The molecule has 18 heavy (non-hydrogen) atoms. The fourth-order valence-corrected chi connectivity index (χ4v) is 3.36. The lowest BCUT2D eigenvalue weighted by atomic mass is 9.88. The van der Waals surface area contributed by atoms with Gasteiger partial charge in [-0.1, -0.05) is 36.0 Å². The van der Waals surface area contributed by atoms with Crippen molar-refractivity contribution in [3.8, 4) is 0 Å². The predicted molar refractivity (Wildman–Crippen MR) is 71.8 cm³/mol. The van der Waals surface area contributed by atoms with E-state index in [9.17, 15) is 14.7 Å². The van der Waals surface area contributed by atoms with E-state index in [2.05, 4.69) is 6.07 Å². The van der Waals surface area contributed by atoms with Crippen molar-refractivity contribution >= 4 is 22.8 Å². The molecule has 0 fully saturated rings. The quantitative estimate of drug-likeness (QED) is 0.908. The van der Waals surface area contributed by atoms with E-state index in [0.29, 0.717) is 5.75 Å². The first kappa shape index (κ1) is 13.1. The third kappa shape index (κ3) is 2.75. The smallest absolute Gasteiger partial charge is 0.307 e. The molecule has 0 bridgehead atoms. The summed E-state index contributed by atoms with van der Waals surface area (Å²) in [5.74, 6) is -0.859. The van der Waals surface area contributed by atoms with Gasteiger partial charge in [-0.2, -0.15) is 0 Å². The van der Waals surface area contributed by atoms with E-state index in [1.165, 1.54) is 12.5 Å². The molecule has 1 aromatic carbocycles. The molecular weight excluding hydrogens is 248 g/mol. The molecule has 2 atom stereocenters. The van der Waals surface area contributed by atoms with Crippen molar-refractivity contribution in [2.45, 2.75) is 25.7 Å². The number of aryl methyl sites for hydroxylation is 1. The number of fused-ring (bicyclic) bond motifs is 1. The Balaban J connectivity index is 2.18. The third-order valence-corrected chi connectivity index (χ3v) is 4.38. The van der Waals surface area contributed by atoms with Gasteiger partial charge >= 0.3 is 5.97 Å². The zero-order chi connectivity index (χ0) is 13.1. The first-order valence-corrected chi connectivity index (χ1v) is 7.02. The van der Waals surface area contributed by atoms with E-state index in [-0.39, 0.29) is 11.0 Å². The van der Waals surface area contributed by atoms with Crippen molar-refractivity contribution in [1.82, 2.24) is 0 Å². The zero-order valence-corrected chi connectivity index (χ0v) is 11.1. The van der Waals surface area contributed by atoms with Crippen LogP contribution in [0.3, 0.4) is 0 Å². The van der Waals surface area contributed by atoms with Crippen LogP contribution in [-0.4, -0.2) is 21.9 Å². The van der Waals surface area contributed by atoms with Crippen LogP contribution in [0.4, 0.5) is 0 Å². The highest BCUT2D eigenvalue weighted by Crippen LogP contribution is 2.39. The van der Waals surface area contributed by atoms with E-state index in [1.54, 1.807) is 0 Å². The molecule has 1 aromatic rings. The summed E-state index contributed by atoms with van der Waals surface area (Å²) in [5.41, 5.74) is 2.40. The Labute approximate surface area is 111 Å². The summed E-state index contributed by atoms with van der Waals surface area (Å²) in [4.78, 5) is 22.4. The van der Waals surface area contributed by atoms with Crippen molar-refractivity contribution in [2.75, 3.05) is 5.75 Å². The molecule has 1 aliphatic rings. The fraction of sp³-hybridized carbons (Fsp3) is 0.429. The average Bonchev–Trinajstić information content (AvgIpc) is 2.73. The van der Waals surface area contributed by atoms with Gasteiger partial charge in [-0.05, 0) is 29.9 Å². The van der Waals surface area contributed by atoms with Gasteiger partial charge in [0.2, 0.25) is 0 Å². The van der Waals surface area contributed by atoms with E-state index in [4.69, 9.17) is 0 Å². The predicted octanol–water partition coefficient (Wildman–Crippen LogP) is 2.70. The van der Waals surface area contributed by atoms with Crippen LogP contribution in [0.15, 0.2) is 24.3 Å². The molecule has 0 unspecified atom stereocenters. The topological polar surface area (TPSA) is 54.4 Å². The second kappa shape index (κ2) is 5.57. The van der Waals surface area contributed by atoms with Crippen molar-refractivity contribution in [3.63, 3.8) is 0 Å². The Hall–Kier alpha value is -1.29. The Morgan fingerprint density at radius 2 is 2.17 bits per heavy atom. The zero-order valence-electron chi connectivity index (χ0n) is 10.3. The summed E-state index contributed by atoms with van der Waals surface area (Å²) in [6.45, 7) is 1.48. The molecule has 0 amide bonds.